The molecule has 0 heterocycles. The molecule has 2 aromatic carbocycles. The third kappa shape index (κ3) is 4.36. The molecule has 0 saturated carbocycles. The van der Waals surface area contributed by atoms with Crippen molar-refractivity contribution in [2.45, 2.75) is 49.0 Å². The second kappa shape index (κ2) is 8.31. The minimum atomic E-state index is -3.62. The van der Waals surface area contributed by atoms with Crippen molar-refractivity contribution in [3.05, 3.63) is 54.1 Å². The number of hydrogen-bond acceptors (Lipinski definition) is 4. The van der Waals surface area contributed by atoms with Crippen LogP contribution in [0.25, 0.3) is 0 Å². The smallest absolute Gasteiger partial charge is 0.210 e. The Balaban J connectivity index is 2.30. The van der Waals surface area contributed by atoms with E-state index in [9.17, 15) is 8.42 Å². The summed E-state index contributed by atoms with van der Waals surface area (Å²) < 4.78 is 32.0. The zero-order valence-corrected chi connectivity index (χ0v) is 15.1. The molecule has 2 N–H and O–H groups in total. The molecule has 130 valence electrons. The van der Waals surface area contributed by atoms with E-state index in [1.165, 1.54) is 0 Å². The third-order valence-corrected chi connectivity index (χ3v) is 5.87. The third-order valence-electron chi connectivity index (χ3n) is 3.91. The van der Waals surface area contributed by atoms with Crippen LogP contribution < -0.4 is 10.5 Å². The van der Waals surface area contributed by atoms with Crippen molar-refractivity contribution in [2.75, 3.05) is 6.54 Å². The van der Waals surface area contributed by atoms with Gasteiger partial charge in [0.1, 0.15) is 10.6 Å². The Morgan fingerprint density at radius 1 is 1.00 bits per heavy atom. The summed E-state index contributed by atoms with van der Waals surface area (Å²) in [7, 11) is -3.62. The van der Waals surface area contributed by atoms with Gasteiger partial charge in [0.2, 0.25) is 9.84 Å². The molecule has 0 spiro atoms. The van der Waals surface area contributed by atoms with Gasteiger partial charge in [0.15, 0.2) is 0 Å². The fraction of sp³-hybridized carbons (Fsp3) is 0.368. The largest absolute Gasteiger partial charge is 0.489 e. The van der Waals surface area contributed by atoms with Gasteiger partial charge in [-0.15, -0.1) is 0 Å². The maximum atomic E-state index is 13.0. The quantitative estimate of drug-likeness (QED) is 0.739. The monoisotopic (exact) mass is 347 g/mol. The zero-order valence-electron chi connectivity index (χ0n) is 14.2. The van der Waals surface area contributed by atoms with Gasteiger partial charge in [-0.25, -0.2) is 8.42 Å². The van der Waals surface area contributed by atoms with Crippen LogP contribution in [0.5, 0.6) is 5.75 Å². The molecule has 2 aromatic rings. The van der Waals surface area contributed by atoms with E-state index in [0.29, 0.717) is 17.2 Å². The van der Waals surface area contributed by atoms with Crippen molar-refractivity contribution in [3.8, 4) is 5.75 Å². The molecule has 2 rings (SSSR count). The molecule has 1 atom stereocenters. The van der Waals surface area contributed by atoms with Crippen LogP contribution in [-0.2, 0) is 9.84 Å². The highest BCUT2D eigenvalue weighted by molar-refractivity contribution is 7.91. The summed E-state index contributed by atoms with van der Waals surface area (Å²) in [5.74, 6) is 0.404. The highest BCUT2D eigenvalue weighted by Crippen LogP contribution is 2.31. The Hall–Kier alpha value is -1.85. The lowest BCUT2D eigenvalue weighted by atomic mass is 10.2. The van der Waals surface area contributed by atoms with Crippen LogP contribution in [0.3, 0.4) is 0 Å². The van der Waals surface area contributed by atoms with Crippen LogP contribution in [-0.4, -0.2) is 21.1 Å². The zero-order chi connectivity index (χ0) is 17.6. The van der Waals surface area contributed by atoms with E-state index in [0.717, 1.165) is 24.8 Å². The van der Waals surface area contributed by atoms with Crippen LogP contribution in [0, 0.1) is 6.92 Å². The maximum Gasteiger partial charge on any atom is 0.210 e. The molecule has 0 aromatic heterocycles. The van der Waals surface area contributed by atoms with Gasteiger partial charge in [-0.3, -0.25) is 0 Å². The molecular weight excluding hydrogens is 322 g/mol. The number of rotatable bonds is 8. The Labute approximate surface area is 144 Å². The Morgan fingerprint density at radius 3 is 2.29 bits per heavy atom. The molecule has 24 heavy (non-hydrogen) atoms. The first-order valence-corrected chi connectivity index (χ1v) is 9.71. The average molecular weight is 347 g/mol. The van der Waals surface area contributed by atoms with Crippen molar-refractivity contribution in [1.29, 1.82) is 0 Å². The van der Waals surface area contributed by atoms with E-state index in [-0.39, 0.29) is 11.0 Å². The van der Waals surface area contributed by atoms with Gasteiger partial charge in [0.25, 0.3) is 0 Å². The van der Waals surface area contributed by atoms with E-state index in [1.807, 2.05) is 13.0 Å². The molecule has 4 nitrogen and oxygen atoms in total. The molecule has 0 aliphatic rings. The number of sulfone groups is 1. The number of aryl methyl sites for hydroxylation is 1. The molecule has 5 heteroatoms. The normalized spacial score (nSPS) is 12.8. The number of benzene rings is 2. The second-order valence-electron chi connectivity index (χ2n) is 5.93. The number of para-hydroxylation sites is 1. The SMILES string of the molecule is Cc1ccccc1S(=O)(=O)c1ccccc1OC(C)CCCCN. The van der Waals surface area contributed by atoms with Crippen molar-refractivity contribution < 1.29 is 13.2 Å². The molecule has 0 aliphatic heterocycles. The fourth-order valence-electron chi connectivity index (χ4n) is 2.60. The van der Waals surface area contributed by atoms with Crippen molar-refractivity contribution in [3.63, 3.8) is 0 Å². The molecule has 0 saturated heterocycles. The number of ether oxygens (including phenoxy) is 1. The molecule has 0 aliphatic carbocycles. The molecule has 0 radical (unpaired) electrons. The Morgan fingerprint density at radius 2 is 1.62 bits per heavy atom. The first kappa shape index (κ1) is 18.5. The van der Waals surface area contributed by atoms with Crippen LogP contribution in [0.15, 0.2) is 58.3 Å². The predicted molar refractivity (Wildman–Crippen MR) is 96.1 cm³/mol. The Bertz CT molecular complexity index is 772. The fourth-order valence-corrected chi connectivity index (χ4v) is 4.22. The standard InChI is InChI=1S/C19H25NO3S/c1-15-9-3-5-12-18(15)24(21,22)19-13-6-4-11-17(19)23-16(2)10-7-8-14-20/h3-6,9,11-13,16H,7-8,10,14,20H2,1-2H3. The molecular formula is C19H25NO3S. The van der Waals surface area contributed by atoms with Crippen molar-refractivity contribution in [2.24, 2.45) is 5.73 Å². The van der Waals surface area contributed by atoms with Crippen LogP contribution in [0.4, 0.5) is 0 Å². The van der Waals surface area contributed by atoms with Crippen molar-refractivity contribution in [1.82, 2.24) is 0 Å². The minimum absolute atomic E-state index is 0.0650. The summed E-state index contributed by atoms with van der Waals surface area (Å²) >= 11 is 0. The van der Waals surface area contributed by atoms with E-state index in [2.05, 4.69) is 0 Å². The van der Waals surface area contributed by atoms with Gasteiger partial charge in [0, 0.05) is 0 Å². The van der Waals surface area contributed by atoms with E-state index in [4.69, 9.17) is 10.5 Å². The van der Waals surface area contributed by atoms with Gasteiger partial charge in [0.05, 0.1) is 11.0 Å². The lowest BCUT2D eigenvalue weighted by Gasteiger charge is -2.18. The maximum absolute atomic E-state index is 13.0. The van der Waals surface area contributed by atoms with E-state index >= 15 is 0 Å². The summed E-state index contributed by atoms with van der Waals surface area (Å²) in [4.78, 5) is 0.529. The minimum Gasteiger partial charge on any atom is -0.489 e. The lowest BCUT2D eigenvalue weighted by Crippen LogP contribution is -2.15. The number of hydrogen-bond donors (Lipinski definition) is 1. The van der Waals surface area contributed by atoms with Gasteiger partial charge < -0.3 is 10.5 Å². The van der Waals surface area contributed by atoms with E-state index in [1.54, 1.807) is 49.4 Å². The Kier molecular flexibility index (Phi) is 6.40. The highest BCUT2D eigenvalue weighted by atomic mass is 32.2. The molecule has 0 fully saturated rings. The van der Waals surface area contributed by atoms with Crippen LogP contribution >= 0.6 is 0 Å². The molecule has 0 amide bonds. The summed E-state index contributed by atoms with van der Waals surface area (Å²) in [5.41, 5.74) is 6.23. The van der Waals surface area contributed by atoms with Crippen LogP contribution in [0.1, 0.15) is 31.7 Å². The molecule has 0 bridgehead atoms. The van der Waals surface area contributed by atoms with E-state index < -0.39 is 9.84 Å². The first-order chi connectivity index (χ1) is 11.5. The van der Waals surface area contributed by atoms with Gasteiger partial charge in [-0.2, -0.15) is 0 Å². The molecule has 1 unspecified atom stereocenters. The predicted octanol–water partition coefficient (Wildman–Crippen LogP) is 3.72. The average Bonchev–Trinajstić information content (AvgIpc) is 2.55. The summed E-state index contributed by atoms with van der Waals surface area (Å²) in [6.45, 7) is 4.41. The van der Waals surface area contributed by atoms with Crippen LogP contribution in [0.2, 0.25) is 0 Å². The van der Waals surface area contributed by atoms with Gasteiger partial charge in [-0.05, 0) is 63.4 Å². The summed E-state index contributed by atoms with van der Waals surface area (Å²) in [6.07, 6.45) is 2.68. The van der Waals surface area contributed by atoms with Crippen molar-refractivity contribution >= 4 is 9.84 Å². The van der Waals surface area contributed by atoms with Gasteiger partial charge in [-0.1, -0.05) is 30.3 Å². The highest BCUT2D eigenvalue weighted by Gasteiger charge is 2.24. The van der Waals surface area contributed by atoms with Gasteiger partial charge >= 0.3 is 0 Å². The first-order valence-electron chi connectivity index (χ1n) is 8.23. The topological polar surface area (TPSA) is 69.4 Å². The lowest BCUT2D eigenvalue weighted by molar-refractivity contribution is 0.202. The second-order valence-corrected chi connectivity index (χ2v) is 7.82. The number of nitrogens with two attached hydrogens (primary N) is 1. The summed E-state index contributed by atoms with van der Waals surface area (Å²) in [5, 5.41) is 0. The summed E-state index contributed by atoms with van der Waals surface area (Å²) in [6, 6.07) is 13.8. The number of unbranched alkanes of at least 4 members (excludes halogenated alkanes) is 1.